The molecule has 1 amide bonds. The number of nitrogens with zero attached hydrogens (tertiary/aromatic N) is 4. The van der Waals surface area contributed by atoms with Crippen LogP contribution in [0, 0.1) is 17.7 Å². The fraction of sp³-hybridized carbons (Fsp3) is 0.192. The molecular formula is C26H17F3N4O2. The van der Waals surface area contributed by atoms with Gasteiger partial charge in [-0.3, -0.25) is 9.78 Å². The molecule has 0 saturated carbocycles. The average molecular weight is 474 g/mol. The van der Waals surface area contributed by atoms with Crippen molar-refractivity contribution in [1.82, 2.24) is 19.4 Å². The van der Waals surface area contributed by atoms with Crippen LogP contribution in [0.3, 0.4) is 0 Å². The fourth-order valence-corrected chi connectivity index (χ4v) is 4.98. The van der Waals surface area contributed by atoms with E-state index in [9.17, 15) is 18.0 Å². The van der Waals surface area contributed by atoms with Crippen LogP contribution < -0.4 is 4.74 Å². The van der Waals surface area contributed by atoms with Crippen molar-refractivity contribution in [2.75, 3.05) is 7.05 Å². The lowest BCUT2D eigenvalue weighted by Crippen LogP contribution is -2.30. The summed E-state index contributed by atoms with van der Waals surface area (Å²) in [7, 11) is 1.69. The van der Waals surface area contributed by atoms with Gasteiger partial charge in [-0.1, -0.05) is 17.9 Å². The van der Waals surface area contributed by atoms with Crippen LogP contribution in [0.1, 0.15) is 51.4 Å². The van der Waals surface area contributed by atoms with E-state index in [-0.39, 0.29) is 17.7 Å². The molecule has 2 aromatic carbocycles. The zero-order chi connectivity index (χ0) is 24.3. The Morgan fingerprint density at radius 1 is 1.09 bits per heavy atom. The number of pyridine rings is 1. The summed E-state index contributed by atoms with van der Waals surface area (Å²) in [5.74, 6) is 5.85. The van der Waals surface area contributed by atoms with E-state index >= 15 is 0 Å². The van der Waals surface area contributed by atoms with Gasteiger partial charge in [0.1, 0.15) is 17.4 Å². The van der Waals surface area contributed by atoms with Crippen LogP contribution in [-0.2, 0) is 0 Å². The standard InChI is InChI=1S/C26H17F3N4O2/c1-32-21-11-20(23-17(25(32)34)3-2-4-22(23)35-26(28)29)33-19-10-14(7-8-18(19)31-24(21)33)5-6-15-9-16(27)13-30-12-15/h2-4,7-10,12-13,20-21,26H,11H2,1H3/t20-,21?/m1/s1. The largest absolute Gasteiger partial charge is 0.434 e. The number of carbonyl (C=O) groups excluding carboxylic acids is 1. The van der Waals surface area contributed by atoms with Crippen molar-refractivity contribution < 1.29 is 22.7 Å². The predicted octanol–water partition coefficient (Wildman–Crippen LogP) is 4.69. The van der Waals surface area contributed by atoms with E-state index < -0.39 is 18.5 Å². The molecule has 0 aliphatic carbocycles. The number of hydrogen-bond acceptors (Lipinski definition) is 4. The molecule has 2 aromatic heterocycles. The lowest BCUT2D eigenvalue weighted by Gasteiger charge is -2.24. The number of rotatable bonds is 2. The smallest absolute Gasteiger partial charge is 0.387 e. The van der Waals surface area contributed by atoms with Crippen LogP contribution in [0.5, 0.6) is 5.75 Å². The second-order valence-electron chi connectivity index (χ2n) is 8.46. The fourth-order valence-electron chi connectivity index (χ4n) is 4.98. The van der Waals surface area contributed by atoms with E-state index in [2.05, 4.69) is 16.8 Å². The van der Waals surface area contributed by atoms with Gasteiger partial charge in [-0.2, -0.15) is 8.78 Å². The van der Waals surface area contributed by atoms with Crippen molar-refractivity contribution in [1.29, 1.82) is 0 Å². The summed E-state index contributed by atoms with van der Waals surface area (Å²) in [5.41, 5.74) is 3.33. The van der Waals surface area contributed by atoms with Crippen molar-refractivity contribution in [2.24, 2.45) is 0 Å². The number of imidazole rings is 1. The molecule has 2 atom stereocenters. The van der Waals surface area contributed by atoms with Crippen LogP contribution in [-0.4, -0.2) is 39.0 Å². The molecule has 0 N–H and O–H groups in total. The minimum atomic E-state index is -3.02. The Morgan fingerprint density at radius 2 is 1.91 bits per heavy atom. The summed E-state index contributed by atoms with van der Waals surface area (Å²) in [6, 6.07) is 10.7. The van der Waals surface area contributed by atoms with E-state index in [1.807, 2.05) is 22.8 Å². The molecular weight excluding hydrogens is 457 g/mol. The normalized spacial score (nSPS) is 18.2. The zero-order valence-corrected chi connectivity index (χ0v) is 18.4. The topological polar surface area (TPSA) is 60.3 Å². The van der Waals surface area contributed by atoms with Gasteiger partial charge >= 0.3 is 6.61 Å². The third kappa shape index (κ3) is 3.41. The summed E-state index contributed by atoms with van der Waals surface area (Å²) in [6.07, 6.45) is 3.08. The zero-order valence-electron chi connectivity index (χ0n) is 18.4. The lowest BCUT2D eigenvalue weighted by molar-refractivity contribution is -0.0507. The predicted molar refractivity (Wildman–Crippen MR) is 121 cm³/mol. The van der Waals surface area contributed by atoms with Crippen LogP contribution in [0.15, 0.2) is 54.9 Å². The Labute approximate surface area is 198 Å². The lowest BCUT2D eigenvalue weighted by atomic mass is 9.97. The first-order valence-corrected chi connectivity index (χ1v) is 10.9. The van der Waals surface area contributed by atoms with Crippen LogP contribution >= 0.6 is 0 Å². The summed E-state index contributed by atoms with van der Waals surface area (Å²) in [6.45, 7) is -3.02. The van der Waals surface area contributed by atoms with Crippen LogP contribution in [0.2, 0.25) is 0 Å². The Hall–Kier alpha value is -4.32. The SMILES string of the molecule is CN1C(=O)c2cccc(OC(F)F)c2[C@H]2CC1c1nc3ccc(C#Cc4cncc(F)c4)cc3n12. The second-order valence-corrected chi connectivity index (χ2v) is 8.46. The number of fused-ring (bicyclic) bond motifs is 9. The van der Waals surface area contributed by atoms with E-state index in [0.29, 0.717) is 40.0 Å². The first-order valence-electron chi connectivity index (χ1n) is 10.9. The number of carbonyl (C=O) groups is 1. The summed E-state index contributed by atoms with van der Waals surface area (Å²) in [5, 5.41) is 0. The van der Waals surface area contributed by atoms with Gasteiger partial charge in [-0.25, -0.2) is 9.37 Å². The van der Waals surface area contributed by atoms with Crippen LogP contribution in [0.25, 0.3) is 11.0 Å². The Bertz CT molecular complexity index is 1570. The maximum atomic E-state index is 13.4. The molecule has 4 heterocycles. The van der Waals surface area contributed by atoms with Crippen molar-refractivity contribution in [3.63, 3.8) is 0 Å². The van der Waals surface area contributed by atoms with Crippen molar-refractivity contribution in [3.05, 3.63) is 88.8 Å². The Kier molecular flexibility index (Phi) is 4.78. The van der Waals surface area contributed by atoms with Gasteiger partial charge in [-0.05, 0) is 36.4 Å². The molecule has 6 rings (SSSR count). The number of benzene rings is 2. The van der Waals surface area contributed by atoms with Gasteiger partial charge in [0.15, 0.2) is 0 Å². The molecule has 0 saturated heterocycles. The summed E-state index contributed by atoms with van der Waals surface area (Å²) in [4.78, 5) is 23.4. The minimum Gasteiger partial charge on any atom is -0.434 e. The van der Waals surface area contributed by atoms with E-state index in [4.69, 9.17) is 9.72 Å². The monoisotopic (exact) mass is 474 g/mol. The van der Waals surface area contributed by atoms with Crippen molar-refractivity contribution in [3.8, 4) is 17.6 Å². The van der Waals surface area contributed by atoms with E-state index in [0.717, 1.165) is 11.7 Å². The number of aromatic nitrogens is 3. The molecule has 2 aliphatic rings. The Morgan fingerprint density at radius 3 is 2.71 bits per heavy atom. The van der Waals surface area contributed by atoms with Crippen molar-refractivity contribution in [2.45, 2.75) is 25.1 Å². The number of hydrogen-bond donors (Lipinski definition) is 0. The summed E-state index contributed by atoms with van der Waals surface area (Å²) >= 11 is 0. The van der Waals surface area contributed by atoms with Gasteiger partial charge in [0.05, 0.1) is 29.3 Å². The van der Waals surface area contributed by atoms with Gasteiger partial charge in [-0.15, -0.1) is 0 Å². The molecule has 1 unspecified atom stereocenters. The number of ether oxygens (including phenoxy) is 1. The number of amides is 1. The number of alkyl halides is 2. The highest BCUT2D eigenvalue weighted by molar-refractivity contribution is 5.97. The molecule has 9 heteroatoms. The van der Waals surface area contributed by atoms with Gasteiger partial charge < -0.3 is 14.2 Å². The third-order valence-electron chi connectivity index (χ3n) is 6.46. The molecule has 2 bridgehead atoms. The van der Waals surface area contributed by atoms with Gasteiger partial charge in [0.25, 0.3) is 5.91 Å². The quantitative estimate of drug-likeness (QED) is 0.396. The Balaban J connectivity index is 1.52. The molecule has 0 spiro atoms. The first-order chi connectivity index (χ1) is 16.9. The highest BCUT2D eigenvalue weighted by Crippen LogP contribution is 2.49. The average Bonchev–Trinajstić information content (AvgIpc) is 3.35. The molecule has 174 valence electrons. The van der Waals surface area contributed by atoms with Gasteiger partial charge in [0, 0.05) is 41.9 Å². The molecule has 0 radical (unpaired) electrons. The molecule has 6 nitrogen and oxygen atoms in total. The highest BCUT2D eigenvalue weighted by atomic mass is 19.3. The molecule has 0 fully saturated rings. The van der Waals surface area contributed by atoms with E-state index in [1.54, 1.807) is 24.1 Å². The maximum absolute atomic E-state index is 13.4. The molecule has 35 heavy (non-hydrogen) atoms. The third-order valence-corrected chi connectivity index (χ3v) is 6.46. The minimum absolute atomic E-state index is 0.0193. The van der Waals surface area contributed by atoms with Crippen LogP contribution in [0.4, 0.5) is 13.2 Å². The second kappa shape index (κ2) is 7.87. The number of halogens is 3. The van der Waals surface area contributed by atoms with Gasteiger partial charge in [0.2, 0.25) is 0 Å². The maximum Gasteiger partial charge on any atom is 0.387 e. The molecule has 2 aliphatic heterocycles. The van der Waals surface area contributed by atoms with Crippen molar-refractivity contribution >= 4 is 16.9 Å². The van der Waals surface area contributed by atoms with E-state index in [1.165, 1.54) is 18.3 Å². The summed E-state index contributed by atoms with van der Waals surface area (Å²) < 4.78 is 46.7. The molecule has 4 aromatic rings. The highest BCUT2D eigenvalue weighted by Gasteiger charge is 2.44. The first kappa shape index (κ1) is 21.2.